The molecule has 0 heterocycles. The van der Waals surface area contributed by atoms with Gasteiger partial charge >= 0.3 is 0 Å². The lowest BCUT2D eigenvalue weighted by Gasteiger charge is -2.20. The molecule has 0 fully saturated rings. The zero-order valence-electron chi connectivity index (χ0n) is 14.1. The average Bonchev–Trinajstić information content (AvgIpc) is 2.65. The van der Waals surface area contributed by atoms with Crippen molar-refractivity contribution in [2.24, 2.45) is 0 Å². The van der Waals surface area contributed by atoms with Crippen LogP contribution in [0, 0.1) is 0 Å². The summed E-state index contributed by atoms with van der Waals surface area (Å²) in [5.41, 5.74) is 1.02. The summed E-state index contributed by atoms with van der Waals surface area (Å²) in [4.78, 5) is 0. The predicted molar refractivity (Wildman–Crippen MR) is 89.0 cm³/mol. The Morgan fingerprint density at radius 2 is 0.917 bits per heavy atom. The first kappa shape index (κ1) is 17.9. The van der Waals surface area contributed by atoms with Gasteiger partial charge in [-0.3, -0.25) is 0 Å². The van der Waals surface area contributed by atoms with Gasteiger partial charge in [0, 0.05) is 0 Å². The van der Waals surface area contributed by atoms with Crippen molar-refractivity contribution < 1.29 is 29.2 Å². The highest BCUT2D eigenvalue weighted by molar-refractivity contribution is 5.46. The molecule has 0 saturated heterocycles. The Bertz CT molecular complexity index is 626. The molecule has 0 unspecified atom stereocenters. The van der Waals surface area contributed by atoms with Crippen LogP contribution in [0.2, 0.25) is 0 Å². The molecule has 0 aliphatic rings. The zero-order valence-corrected chi connectivity index (χ0v) is 14.1. The van der Waals surface area contributed by atoms with Gasteiger partial charge in [-0.05, 0) is 35.4 Å². The van der Waals surface area contributed by atoms with E-state index in [0.717, 1.165) is 0 Å². The Kier molecular flexibility index (Phi) is 5.89. The maximum absolute atomic E-state index is 10.5. The molecule has 6 nitrogen and oxygen atoms in total. The Labute approximate surface area is 141 Å². The predicted octanol–water partition coefficient (Wildman–Crippen LogP) is 2.49. The smallest absolute Gasteiger partial charge is 0.161 e. The number of aliphatic hydroxyl groups is 2. The second kappa shape index (κ2) is 7.90. The van der Waals surface area contributed by atoms with Gasteiger partial charge in [0.15, 0.2) is 23.0 Å². The molecular weight excluding hydrogens is 312 g/mol. The van der Waals surface area contributed by atoms with Crippen LogP contribution in [0.1, 0.15) is 23.3 Å². The van der Waals surface area contributed by atoms with Crippen LogP contribution in [0.25, 0.3) is 0 Å². The van der Waals surface area contributed by atoms with Gasteiger partial charge in [-0.15, -0.1) is 0 Å². The van der Waals surface area contributed by atoms with Crippen molar-refractivity contribution in [1.29, 1.82) is 0 Å². The van der Waals surface area contributed by atoms with Crippen LogP contribution in [0.4, 0.5) is 0 Å². The Balaban J connectivity index is 2.30. The molecule has 24 heavy (non-hydrogen) atoms. The van der Waals surface area contributed by atoms with E-state index < -0.39 is 12.2 Å². The van der Waals surface area contributed by atoms with Gasteiger partial charge in [-0.25, -0.2) is 0 Å². The van der Waals surface area contributed by atoms with Crippen molar-refractivity contribution >= 4 is 0 Å². The maximum atomic E-state index is 10.5. The summed E-state index contributed by atoms with van der Waals surface area (Å²) in [6, 6.07) is 9.98. The summed E-state index contributed by atoms with van der Waals surface area (Å²) in [5, 5.41) is 21.0. The van der Waals surface area contributed by atoms with Crippen LogP contribution in [-0.2, 0) is 0 Å². The highest BCUT2D eigenvalue weighted by Gasteiger charge is 2.23. The number of rotatable bonds is 7. The van der Waals surface area contributed by atoms with Crippen molar-refractivity contribution in [3.05, 3.63) is 47.5 Å². The lowest BCUT2D eigenvalue weighted by atomic mass is 9.97. The van der Waals surface area contributed by atoms with Crippen molar-refractivity contribution in [2.45, 2.75) is 12.2 Å². The summed E-state index contributed by atoms with van der Waals surface area (Å²) >= 11 is 0. The van der Waals surface area contributed by atoms with E-state index in [1.54, 1.807) is 36.4 Å². The van der Waals surface area contributed by atoms with E-state index in [-0.39, 0.29) is 0 Å². The lowest BCUT2D eigenvalue weighted by Crippen LogP contribution is -2.11. The van der Waals surface area contributed by atoms with Crippen molar-refractivity contribution in [3.8, 4) is 23.0 Å². The second-order valence-electron chi connectivity index (χ2n) is 5.12. The molecule has 0 bridgehead atoms. The first-order valence-electron chi connectivity index (χ1n) is 7.35. The van der Waals surface area contributed by atoms with Crippen LogP contribution < -0.4 is 18.9 Å². The van der Waals surface area contributed by atoms with Crippen molar-refractivity contribution in [3.63, 3.8) is 0 Å². The highest BCUT2D eigenvalue weighted by Crippen LogP contribution is 2.37. The Morgan fingerprint density at radius 1 is 0.583 bits per heavy atom. The van der Waals surface area contributed by atoms with Gasteiger partial charge in [0.1, 0.15) is 12.2 Å². The van der Waals surface area contributed by atoms with Gasteiger partial charge in [-0.2, -0.15) is 0 Å². The third kappa shape index (κ3) is 3.55. The number of hydrogen-bond donors (Lipinski definition) is 2. The summed E-state index contributed by atoms with van der Waals surface area (Å²) in [6.07, 6.45) is -2.27. The molecule has 0 aliphatic heterocycles. The van der Waals surface area contributed by atoms with E-state index in [2.05, 4.69) is 0 Å². The van der Waals surface area contributed by atoms with Crippen molar-refractivity contribution in [2.75, 3.05) is 28.4 Å². The third-order valence-electron chi connectivity index (χ3n) is 3.80. The molecule has 2 rings (SSSR count). The molecule has 2 aromatic carbocycles. The van der Waals surface area contributed by atoms with Gasteiger partial charge in [-0.1, -0.05) is 12.1 Å². The molecule has 0 saturated carbocycles. The average molecular weight is 334 g/mol. The van der Waals surface area contributed by atoms with E-state index >= 15 is 0 Å². The van der Waals surface area contributed by atoms with Crippen LogP contribution in [0.3, 0.4) is 0 Å². The monoisotopic (exact) mass is 334 g/mol. The molecule has 2 atom stereocenters. The summed E-state index contributed by atoms with van der Waals surface area (Å²) < 4.78 is 20.8. The minimum Gasteiger partial charge on any atom is -0.493 e. The SMILES string of the molecule is COc1ccc([C@@H](O)[C@H](O)c2ccc(OC)c(OC)c2)cc1OC. The molecule has 130 valence electrons. The Morgan fingerprint density at radius 3 is 1.21 bits per heavy atom. The summed E-state index contributed by atoms with van der Waals surface area (Å²) in [6.45, 7) is 0. The third-order valence-corrected chi connectivity index (χ3v) is 3.80. The van der Waals surface area contributed by atoms with Crippen LogP contribution in [0.5, 0.6) is 23.0 Å². The van der Waals surface area contributed by atoms with E-state index in [4.69, 9.17) is 18.9 Å². The normalized spacial score (nSPS) is 13.1. The zero-order chi connectivity index (χ0) is 17.7. The molecule has 0 spiro atoms. The number of methoxy groups -OCH3 is 4. The quantitative estimate of drug-likeness (QED) is 0.810. The van der Waals surface area contributed by atoms with Gasteiger partial charge in [0.25, 0.3) is 0 Å². The molecule has 2 N–H and O–H groups in total. The molecule has 0 radical (unpaired) electrons. The fraction of sp³-hybridized carbons (Fsp3) is 0.333. The fourth-order valence-corrected chi connectivity index (χ4v) is 2.44. The van der Waals surface area contributed by atoms with Crippen LogP contribution >= 0.6 is 0 Å². The summed E-state index contributed by atoms with van der Waals surface area (Å²) in [7, 11) is 6.09. The molecular formula is C18H22O6. The Hall–Kier alpha value is -2.44. The molecule has 2 aromatic rings. The van der Waals surface area contributed by atoms with Gasteiger partial charge in [0.05, 0.1) is 28.4 Å². The van der Waals surface area contributed by atoms with E-state index in [1.165, 1.54) is 28.4 Å². The molecule has 6 heteroatoms. The van der Waals surface area contributed by atoms with Gasteiger partial charge in [0.2, 0.25) is 0 Å². The van der Waals surface area contributed by atoms with Crippen molar-refractivity contribution in [1.82, 2.24) is 0 Å². The van der Waals surface area contributed by atoms with Crippen LogP contribution in [0.15, 0.2) is 36.4 Å². The number of benzene rings is 2. The number of ether oxygens (including phenoxy) is 4. The first-order valence-corrected chi connectivity index (χ1v) is 7.35. The fourth-order valence-electron chi connectivity index (χ4n) is 2.44. The molecule has 0 aliphatic carbocycles. The van der Waals surface area contributed by atoms with Gasteiger partial charge < -0.3 is 29.2 Å². The summed E-state index contributed by atoms with van der Waals surface area (Å²) in [5.74, 6) is 2.06. The van der Waals surface area contributed by atoms with Crippen LogP contribution in [-0.4, -0.2) is 38.7 Å². The van der Waals surface area contributed by atoms with E-state index in [9.17, 15) is 10.2 Å². The van der Waals surface area contributed by atoms with E-state index in [1.807, 2.05) is 0 Å². The highest BCUT2D eigenvalue weighted by atomic mass is 16.5. The maximum Gasteiger partial charge on any atom is 0.161 e. The number of aliphatic hydroxyl groups excluding tert-OH is 2. The second-order valence-corrected chi connectivity index (χ2v) is 5.12. The lowest BCUT2D eigenvalue weighted by molar-refractivity contribution is 0.0169. The van der Waals surface area contributed by atoms with E-state index in [0.29, 0.717) is 34.1 Å². The topological polar surface area (TPSA) is 77.4 Å². The standard InChI is InChI=1S/C18H22O6/c1-21-13-7-5-11(9-15(13)23-3)17(19)18(20)12-6-8-14(22-2)16(10-12)24-4/h5-10,17-20H,1-4H3/t17-,18-/m1/s1. The number of hydrogen-bond acceptors (Lipinski definition) is 6. The minimum absolute atomic E-state index is 0.480. The molecule has 0 amide bonds. The largest absolute Gasteiger partial charge is 0.493 e. The molecule has 0 aromatic heterocycles. The first-order chi connectivity index (χ1) is 11.5. The minimum atomic E-state index is -1.14.